The maximum atomic E-state index is 5.87. The van der Waals surface area contributed by atoms with Gasteiger partial charge in [-0.2, -0.15) is 0 Å². The molecule has 84 valence electrons. The molecule has 0 aliphatic heterocycles. The van der Waals surface area contributed by atoms with Crippen molar-refractivity contribution in [2.45, 2.75) is 11.4 Å². The lowest BCUT2D eigenvalue weighted by atomic mass is 10.3. The predicted molar refractivity (Wildman–Crippen MR) is 74.9 cm³/mol. The second-order valence-electron chi connectivity index (χ2n) is 3.29. The van der Waals surface area contributed by atoms with Crippen molar-refractivity contribution in [3.63, 3.8) is 0 Å². The summed E-state index contributed by atoms with van der Waals surface area (Å²) in [5, 5.41) is 3.37. The van der Waals surface area contributed by atoms with E-state index < -0.39 is 0 Å². The fourth-order valence-corrected chi connectivity index (χ4v) is 2.78. The number of thiophene rings is 1. The third kappa shape index (κ3) is 3.17. The zero-order chi connectivity index (χ0) is 11.4. The van der Waals surface area contributed by atoms with Gasteiger partial charge >= 0.3 is 0 Å². The van der Waals surface area contributed by atoms with Crippen molar-refractivity contribution < 1.29 is 0 Å². The molecule has 0 unspecified atom stereocenters. The number of nitrogens with one attached hydrogen (secondary N) is 1. The maximum Gasteiger partial charge on any atom is 0.0931 e. The number of hydrogen-bond donors (Lipinski definition) is 1. The Kier molecular flexibility index (Phi) is 4.16. The highest BCUT2D eigenvalue weighted by atomic mass is 35.5. The lowest BCUT2D eigenvalue weighted by molar-refractivity contribution is 1.19. The fourth-order valence-electron chi connectivity index (χ4n) is 1.34. The number of benzene rings is 1. The molecule has 0 amide bonds. The van der Waals surface area contributed by atoms with Gasteiger partial charge in [0.1, 0.15) is 0 Å². The normalized spacial score (nSPS) is 10.4. The van der Waals surface area contributed by atoms with E-state index in [1.165, 1.54) is 9.77 Å². The molecule has 0 bridgehead atoms. The molecule has 0 atom stereocenters. The van der Waals surface area contributed by atoms with Crippen molar-refractivity contribution in [3.05, 3.63) is 45.6 Å². The molecule has 0 spiro atoms. The first kappa shape index (κ1) is 11.8. The quantitative estimate of drug-likeness (QED) is 0.805. The molecule has 1 aromatic carbocycles. The van der Waals surface area contributed by atoms with Crippen LogP contribution in [0.25, 0.3) is 0 Å². The summed E-state index contributed by atoms with van der Waals surface area (Å²) < 4.78 is 0.842. The zero-order valence-corrected chi connectivity index (χ0v) is 11.3. The van der Waals surface area contributed by atoms with Gasteiger partial charge in [0.25, 0.3) is 0 Å². The maximum absolute atomic E-state index is 5.87. The Balaban J connectivity index is 1.94. The monoisotopic (exact) mass is 269 g/mol. The van der Waals surface area contributed by atoms with Gasteiger partial charge in [0.2, 0.25) is 0 Å². The third-order valence-corrected chi connectivity index (χ3v) is 4.16. The summed E-state index contributed by atoms with van der Waals surface area (Å²) >= 11 is 9.24. The summed E-state index contributed by atoms with van der Waals surface area (Å²) in [6.45, 7) is 0.829. The number of thioether (sulfide) groups is 1. The van der Waals surface area contributed by atoms with Gasteiger partial charge < -0.3 is 5.32 Å². The van der Waals surface area contributed by atoms with Gasteiger partial charge in [-0.15, -0.1) is 23.1 Å². The number of rotatable bonds is 4. The third-order valence-electron chi connectivity index (χ3n) is 2.19. The predicted octanol–water partition coefficient (Wildman–Crippen LogP) is 4.74. The summed E-state index contributed by atoms with van der Waals surface area (Å²) in [4.78, 5) is 2.53. The molecule has 1 aromatic heterocycles. The van der Waals surface area contributed by atoms with Gasteiger partial charge in [-0.05, 0) is 42.7 Å². The largest absolute Gasteiger partial charge is 0.380 e. The topological polar surface area (TPSA) is 12.0 Å². The second-order valence-corrected chi connectivity index (χ2v) is 5.97. The fraction of sp³-hybridized carbons (Fsp3) is 0.167. The van der Waals surface area contributed by atoms with Gasteiger partial charge in [0, 0.05) is 22.0 Å². The molecule has 4 heteroatoms. The van der Waals surface area contributed by atoms with Crippen molar-refractivity contribution in [3.8, 4) is 0 Å². The van der Waals surface area contributed by atoms with Crippen molar-refractivity contribution >= 4 is 40.4 Å². The van der Waals surface area contributed by atoms with E-state index in [-0.39, 0.29) is 0 Å². The van der Waals surface area contributed by atoms with Gasteiger partial charge in [-0.3, -0.25) is 0 Å². The van der Waals surface area contributed by atoms with Gasteiger partial charge in [-0.1, -0.05) is 11.6 Å². The Bertz CT molecular complexity index is 450. The zero-order valence-electron chi connectivity index (χ0n) is 8.87. The number of anilines is 1. The molecular formula is C12H12ClNS2. The summed E-state index contributed by atoms with van der Waals surface area (Å²) in [6.07, 6.45) is 2.08. The van der Waals surface area contributed by atoms with E-state index in [0.29, 0.717) is 0 Å². The van der Waals surface area contributed by atoms with Crippen LogP contribution in [-0.4, -0.2) is 6.26 Å². The highest BCUT2D eigenvalue weighted by molar-refractivity contribution is 7.98. The highest BCUT2D eigenvalue weighted by Gasteiger charge is 1.98. The van der Waals surface area contributed by atoms with Crippen LogP contribution in [0.3, 0.4) is 0 Å². The molecule has 1 N–H and O–H groups in total. The van der Waals surface area contributed by atoms with E-state index in [1.54, 1.807) is 23.1 Å². The van der Waals surface area contributed by atoms with Crippen LogP contribution in [0.15, 0.2) is 41.3 Å². The second kappa shape index (κ2) is 5.62. The minimum atomic E-state index is 0.829. The first-order valence-corrected chi connectivity index (χ1v) is 7.32. The lowest BCUT2D eigenvalue weighted by Crippen LogP contribution is -1.96. The summed E-state index contributed by atoms with van der Waals surface area (Å²) in [6, 6.07) is 12.4. The summed E-state index contributed by atoms with van der Waals surface area (Å²) in [7, 11) is 0. The molecule has 1 nitrogen and oxygen atoms in total. The summed E-state index contributed by atoms with van der Waals surface area (Å²) in [5.74, 6) is 0. The van der Waals surface area contributed by atoms with Crippen LogP contribution >= 0.6 is 34.7 Å². The molecule has 0 aliphatic rings. The summed E-state index contributed by atoms with van der Waals surface area (Å²) in [5.41, 5.74) is 1.14. The average Bonchev–Trinajstić information content (AvgIpc) is 2.73. The Hall–Kier alpha value is -0.640. The van der Waals surface area contributed by atoms with Crippen LogP contribution in [0.5, 0.6) is 0 Å². The van der Waals surface area contributed by atoms with Crippen molar-refractivity contribution in [1.29, 1.82) is 0 Å². The van der Waals surface area contributed by atoms with Crippen LogP contribution in [0.1, 0.15) is 4.88 Å². The van der Waals surface area contributed by atoms with Gasteiger partial charge in [-0.25, -0.2) is 0 Å². The smallest absolute Gasteiger partial charge is 0.0931 e. The van der Waals surface area contributed by atoms with Crippen LogP contribution in [0, 0.1) is 0 Å². The molecule has 1 heterocycles. The molecule has 2 aromatic rings. The van der Waals surface area contributed by atoms with Gasteiger partial charge in [0.15, 0.2) is 0 Å². The molecule has 0 radical (unpaired) electrons. The van der Waals surface area contributed by atoms with E-state index in [1.807, 2.05) is 6.07 Å². The lowest BCUT2D eigenvalue weighted by Gasteiger charge is -2.05. The van der Waals surface area contributed by atoms with Crippen molar-refractivity contribution in [1.82, 2.24) is 0 Å². The van der Waals surface area contributed by atoms with Crippen molar-refractivity contribution in [2.75, 3.05) is 11.6 Å². The average molecular weight is 270 g/mol. The van der Waals surface area contributed by atoms with E-state index in [9.17, 15) is 0 Å². The Morgan fingerprint density at radius 3 is 2.50 bits per heavy atom. The van der Waals surface area contributed by atoms with E-state index in [0.717, 1.165) is 16.6 Å². The Morgan fingerprint density at radius 1 is 1.19 bits per heavy atom. The van der Waals surface area contributed by atoms with E-state index in [2.05, 4.69) is 41.9 Å². The molecule has 0 saturated carbocycles. The van der Waals surface area contributed by atoms with E-state index in [4.69, 9.17) is 11.6 Å². The minimum absolute atomic E-state index is 0.829. The highest BCUT2D eigenvalue weighted by Crippen LogP contribution is 2.23. The molecule has 0 saturated heterocycles. The molecular weight excluding hydrogens is 258 g/mol. The van der Waals surface area contributed by atoms with E-state index >= 15 is 0 Å². The van der Waals surface area contributed by atoms with Crippen molar-refractivity contribution in [2.24, 2.45) is 0 Å². The SMILES string of the molecule is CSc1ccc(NCc2ccc(Cl)s2)cc1. The van der Waals surface area contributed by atoms with Crippen LogP contribution in [0.2, 0.25) is 4.34 Å². The first-order chi connectivity index (χ1) is 7.78. The molecule has 2 rings (SSSR count). The number of hydrogen-bond acceptors (Lipinski definition) is 3. The number of halogens is 1. The van der Waals surface area contributed by atoms with Gasteiger partial charge in [0.05, 0.1) is 4.34 Å². The molecule has 0 aliphatic carbocycles. The standard InChI is InChI=1S/C12H12ClNS2/c1-15-10-4-2-9(3-5-10)14-8-11-6-7-12(13)16-11/h2-7,14H,8H2,1H3. The minimum Gasteiger partial charge on any atom is -0.380 e. The first-order valence-electron chi connectivity index (χ1n) is 4.90. The molecule has 16 heavy (non-hydrogen) atoms. The van der Waals surface area contributed by atoms with Crippen LogP contribution in [0.4, 0.5) is 5.69 Å². The Labute approximate surface area is 109 Å². The van der Waals surface area contributed by atoms with Crippen LogP contribution in [-0.2, 0) is 6.54 Å². The Morgan fingerprint density at radius 2 is 1.94 bits per heavy atom. The van der Waals surface area contributed by atoms with Crippen LogP contribution < -0.4 is 5.32 Å². The molecule has 0 fully saturated rings.